The lowest BCUT2D eigenvalue weighted by Crippen LogP contribution is -1.90. The van der Waals surface area contributed by atoms with Crippen LogP contribution >= 0.6 is 23.4 Å². The molecular formula is C15H29ClOS. The molecule has 0 N–H and O–H groups in total. The van der Waals surface area contributed by atoms with Gasteiger partial charge in [-0.2, -0.15) is 11.8 Å². The third kappa shape index (κ3) is 16.3. The number of carbonyl (C=O) groups is 1. The molecule has 0 aromatic rings. The van der Waals surface area contributed by atoms with Crippen LogP contribution in [-0.2, 0) is 4.79 Å². The van der Waals surface area contributed by atoms with Gasteiger partial charge < -0.3 is 0 Å². The summed E-state index contributed by atoms with van der Waals surface area (Å²) in [5, 5.41) is -0.203. The molecule has 0 aliphatic carbocycles. The Morgan fingerprint density at radius 1 is 0.833 bits per heavy atom. The molecule has 1 nitrogen and oxygen atoms in total. The number of halogens is 1. The van der Waals surface area contributed by atoms with Crippen LogP contribution in [0.15, 0.2) is 0 Å². The number of rotatable bonds is 14. The molecule has 0 saturated carbocycles. The lowest BCUT2D eigenvalue weighted by atomic mass is 10.1. The molecule has 0 aliphatic heterocycles. The highest BCUT2D eigenvalue weighted by molar-refractivity contribution is 7.99. The van der Waals surface area contributed by atoms with Crippen molar-refractivity contribution in [3.05, 3.63) is 0 Å². The fraction of sp³-hybridized carbons (Fsp3) is 0.933. The van der Waals surface area contributed by atoms with E-state index in [1.165, 1.54) is 70.0 Å². The molecule has 0 unspecified atom stereocenters. The predicted octanol–water partition coefficient (Wildman–Crippen LogP) is 5.80. The van der Waals surface area contributed by atoms with Gasteiger partial charge in [-0.05, 0) is 23.8 Å². The lowest BCUT2D eigenvalue weighted by molar-refractivity contribution is -0.111. The van der Waals surface area contributed by atoms with E-state index < -0.39 is 0 Å². The van der Waals surface area contributed by atoms with Gasteiger partial charge in [0.1, 0.15) is 0 Å². The van der Waals surface area contributed by atoms with E-state index in [1.807, 2.05) is 11.8 Å². The highest BCUT2D eigenvalue weighted by atomic mass is 35.5. The number of carbonyl (C=O) groups excluding carboxylic acids is 1. The first-order valence-electron chi connectivity index (χ1n) is 7.53. The van der Waals surface area contributed by atoms with Crippen LogP contribution in [0.2, 0.25) is 0 Å². The summed E-state index contributed by atoms with van der Waals surface area (Å²) in [7, 11) is 0. The van der Waals surface area contributed by atoms with Crippen LogP contribution in [0.3, 0.4) is 0 Å². The summed E-state index contributed by atoms with van der Waals surface area (Å²) in [5.41, 5.74) is 0. The molecule has 3 heteroatoms. The number of unbranched alkanes of at least 4 members (excludes halogenated alkanes) is 9. The summed E-state index contributed by atoms with van der Waals surface area (Å²) in [6, 6.07) is 0. The molecule has 0 rings (SSSR count). The summed E-state index contributed by atoms with van der Waals surface area (Å²) in [6.45, 7) is 2.26. The molecule has 108 valence electrons. The Bertz CT molecular complexity index is 185. The van der Waals surface area contributed by atoms with E-state index in [4.69, 9.17) is 11.6 Å². The Labute approximate surface area is 122 Å². The molecule has 0 radical (unpaired) electrons. The Hall–Kier alpha value is 0.310. The standard InChI is InChI=1S/C15H29ClOS/c1-2-3-4-5-6-7-8-9-10-11-13-18-14-12-15(16)17/h2-14H2,1H3. The van der Waals surface area contributed by atoms with Crippen molar-refractivity contribution in [1.82, 2.24) is 0 Å². The fourth-order valence-electron chi connectivity index (χ4n) is 1.95. The van der Waals surface area contributed by atoms with Gasteiger partial charge in [-0.3, -0.25) is 4.79 Å². The molecule has 0 aliphatic rings. The first-order valence-corrected chi connectivity index (χ1v) is 9.06. The van der Waals surface area contributed by atoms with Crippen LogP contribution in [-0.4, -0.2) is 16.7 Å². The number of hydrogen-bond acceptors (Lipinski definition) is 2. The Kier molecular flexibility index (Phi) is 15.6. The minimum Gasteiger partial charge on any atom is -0.281 e. The van der Waals surface area contributed by atoms with Crippen molar-refractivity contribution in [2.45, 2.75) is 77.6 Å². The van der Waals surface area contributed by atoms with Crippen molar-refractivity contribution >= 4 is 28.6 Å². The van der Waals surface area contributed by atoms with Crippen molar-refractivity contribution in [1.29, 1.82) is 0 Å². The van der Waals surface area contributed by atoms with Gasteiger partial charge in [-0.1, -0.05) is 64.7 Å². The first-order chi connectivity index (χ1) is 8.77. The predicted molar refractivity (Wildman–Crippen MR) is 84.6 cm³/mol. The maximum atomic E-state index is 10.5. The van der Waals surface area contributed by atoms with Gasteiger partial charge in [0.15, 0.2) is 0 Å². The minimum absolute atomic E-state index is 0.203. The van der Waals surface area contributed by atoms with E-state index >= 15 is 0 Å². The van der Waals surface area contributed by atoms with Crippen LogP contribution in [0.1, 0.15) is 77.6 Å². The summed E-state index contributed by atoms with van der Waals surface area (Å²) < 4.78 is 0. The van der Waals surface area contributed by atoms with E-state index in [1.54, 1.807) is 0 Å². The van der Waals surface area contributed by atoms with Gasteiger partial charge in [-0.25, -0.2) is 0 Å². The van der Waals surface area contributed by atoms with Gasteiger partial charge in [0, 0.05) is 12.2 Å². The Balaban J connectivity index is 2.92. The molecule has 18 heavy (non-hydrogen) atoms. The maximum Gasteiger partial charge on any atom is 0.222 e. The molecule has 0 amide bonds. The topological polar surface area (TPSA) is 17.1 Å². The zero-order valence-corrected chi connectivity index (χ0v) is 13.5. The molecule has 0 aromatic heterocycles. The average molecular weight is 293 g/mol. The Morgan fingerprint density at radius 2 is 1.33 bits per heavy atom. The quantitative estimate of drug-likeness (QED) is 0.297. The van der Waals surface area contributed by atoms with Crippen LogP contribution in [0.5, 0.6) is 0 Å². The second-order valence-electron chi connectivity index (χ2n) is 4.90. The smallest absolute Gasteiger partial charge is 0.222 e. The van der Waals surface area contributed by atoms with Crippen molar-refractivity contribution in [3.63, 3.8) is 0 Å². The highest BCUT2D eigenvalue weighted by Crippen LogP contribution is 2.13. The van der Waals surface area contributed by atoms with E-state index in [9.17, 15) is 4.79 Å². The lowest BCUT2D eigenvalue weighted by Gasteiger charge is -2.02. The monoisotopic (exact) mass is 292 g/mol. The third-order valence-corrected chi connectivity index (χ3v) is 4.34. The zero-order valence-electron chi connectivity index (χ0n) is 11.9. The maximum absolute atomic E-state index is 10.5. The number of thioether (sulfide) groups is 1. The van der Waals surface area contributed by atoms with Gasteiger partial charge >= 0.3 is 0 Å². The summed E-state index contributed by atoms with van der Waals surface area (Å²) in [6.07, 6.45) is 14.4. The largest absolute Gasteiger partial charge is 0.281 e. The van der Waals surface area contributed by atoms with Gasteiger partial charge in [0.2, 0.25) is 5.24 Å². The molecule has 0 heterocycles. The molecule has 0 bridgehead atoms. The third-order valence-electron chi connectivity index (χ3n) is 3.09. The summed E-state index contributed by atoms with van der Waals surface area (Å²) in [5.74, 6) is 2.07. The Morgan fingerprint density at radius 3 is 1.83 bits per heavy atom. The molecule has 0 saturated heterocycles. The van der Waals surface area contributed by atoms with Crippen molar-refractivity contribution in [2.75, 3.05) is 11.5 Å². The van der Waals surface area contributed by atoms with E-state index in [0.717, 1.165) is 5.75 Å². The minimum atomic E-state index is -0.203. The van der Waals surface area contributed by atoms with E-state index in [2.05, 4.69) is 6.92 Å². The SMILES string of the molecule is CCCCCCCCCCCCSCCC(=O)Cl. The molecule has 0 spiro atoms. The van der Waals surface area contributed by atoms with Gasteiger partial charge in [-0.15, -0.1) is 0 Å². The molecule has 0 fully saturated rings. The van der Waals surface area contributed by atoms with Crippen molar-refractivity contribution < 1.29 is 4.79 Å². The summed E-state index contributed by atoms with van der Waals surface area (Å²) in [4.78, 5) is 10.5. The molecule has 0 atom stereocenters. The fourth-order valence-corrected chi connectivity index (χ4v) is 3.09. The van der Waals surface area contributed by atoms with Crippen molar-refractivity contribution in [2.24, 2.45) is 0 Å². The normalized spacial score (nSPS) is 10.8. The summed E-state index contributed by atoms with van der Waals surface area (Å²) >= 11 is 7.12. The van der Waals surface area contributed by atoms with Gasteiger partial charge in [0.25, 0.3) is 0 Å². The highest BCUT2D eigenvalue weighted by Gasteiger charge is 1.96. The second-order valence-corrected chi connectivity index (χ2v) is 6.55. The van der Waals surface area contributed by atoms with Crippen LogP contribution in [0.4, 0.5) is 0 Å². The van der Waals surface area contributed by atoms with Crippen molar-refractivity contribution in [3.8, 4) is 0 Å². The van der Waals surface area contributed by atoms with Crippen LogP contribution in [0, 0.1) is 0 Å². The average Bonchev–Trinajstić information content (AvgIpc) is 2.34. The van der Waals surface area contributed by atoms with Gasteiger partial charge in [0.05, 0.1) is 0 Å². The second kappa shape index (κ2) is 15.4. The van der Waals surface area contributed by atoms with Crippen LogP contribution in [0.25, 0.3) is 0 Å². The molecular weight excluding hydrogens is 264 g/mol. The zero-order chi connectivity index (χ0) is 13.5. The molecule has 0 aromatic carbocycles. The van der Waals surface area contributed by atoms with E-state index in [-0.39, 0.29) is 5.24 Å². The van der Waals surface area contributed by atoms with Crippen LogP contribution < -0.4 is 0 Å². The number of hydrogen-bond donors (Lipinski definition) is 0. The first kappa shape index (κ1) is 18.3. The van der Waals surface area contributed by atoms with E-state index in [0.29, 0.717) is 6.42 Å².